The average Bonchev–Trinajstić information content (AvgIpc) is 2.80. The van der Waals surface area contributed by atoms with Gasteiger partial charge in [0.15, 0.2) is 14.7 Å². The molecule has 0 aliphatic rings. The first-order chi connectivity index (χ1) is 15.0. The van der Waals surface area contributed by atoms with Gasteiger partial charge in [-0.25, -0.2) is 0 Å². The Balaban J connectivity index is 1.59. The van der Waals surface area contributed by atoms with E-state index in [0.717, 1.165) is 5.75 Å². The molecule has 0 fully saturated rings. The van der Waals surface area contributed by atoms with E-state index in [-0.39, 0.29) is 17.0 Å². The van der Waals surface area contributed by atoms with Gasteiger partial charge in [0.25, 0.3) is 0 Å². The Bertz CT molecular complexity index is 1090. The van der Waals surface area contributed by atoms with E-state index in [2.05, 4.69) is 172 Å². The highest BCUT2D eigenvalue weighted by molar-refractivity contribution is 14.1. The van der Waals surface area contributed by atoms with E-state index in [0.29, 0.717) is 0 Å². The lowest BCUT2D eigenvalue weighted by molar-refractivity contribution is 0.226. The predicted octanol–water partition coefficient (Wildman–Crippen LogP) is 8.74. The van der Waals surface area contributed by atoms with Crippen LogP contribution in [0.4, 0.5) is 0 Å². The Hall–Kier alpha value is -0.780. The second-order valence-corrected chi connectivity index (χ2v) is 12.4. The first-order valence-corrected chi connectivity index (χ1v) is 14.2. The van der Waals surface area contributed by atoms with E-state index in [4.69, 9.17) is 4.74 Å². The molecule has 0 saturated heterocycles. The summed E-state index contributed by atoms with van der Waals surface area (Å²) in [7, 11) is -0.139. The smallest absolute Gasteiger partial charge is 0.166 e. The molecule has 0 heterocycles. The van der Waals surface area contributed by atoms with Crippen LogP contribution < -0.4 is 4.74 Å². The van der Waals surface area contributed by atoms with Crippen molar-refractivity contribution in [1.82, 2.24) is 0 Å². The van der Waals surface area contributed by atoms with Gasteiger partial charge >= 0.3 is 0 Å². The van der Waals surface area contributed by atoms with Crippen LogP contribution in [-0.4, -0.2) is 0 Å². The summed E-state index contributed by atoms with van der Waals surface area (Å²) in [5.41, 5.74) is 1.20. The monoisotopic (exact) mass is 761 g/mol. The standard InChI is InChI=1S/C26H20I3OS/c1-18(19-16-24(27)26(29)25(28)17-19)30-20-12-14-23(15-13-20)31(21-8-4-2-5-9-21)22-10-6-3-7-11-22/h2-18H,1H3/q+1. The molecular formula is C26H20I3OS+. The largest absolute Gasteiger partial charge is 0.486 e. The Kier molecular flexibility index (Phi) is 8.22. The summed E-state index contributed by atoms with van der Waals surface area (Å²) in [4.78, 5) is 3.92. The molecule has 0 radical (unpaired) electrons. The maximum atomic E-state index is 6.29. The molecule has 0 aliphatic carbocycles. The maximum Gasteiger partial charge on any atom is 0.166 e. The predicted molar refractivity (Wildman–Crippen MR) is 155 cm³/mol. The van der Waals surface area contributed by atoms with Crippen molar-refractivity contribution in [2.24, 2.45) is 0 Å². The molecule has 0 aliphatic heterocycles. The lowest BCUT2D eigenvalue weighted by Gasteiger charge is -2.17. The van der Waals surface area contributed by atoms with Gasteiger partial charge in [-0.05, 0) is 141 Å². The molecule has 1 atom stereocenters. The van der Waals surface area contributed by atoms with Gasteiger partial charge in [0, 0.05) is 10.7 Å². The van der Waals surface area contributed by atoms with Crippen molar-refractivity contribution < 1.29 is 4.74 Å². The zero-order valence-corrected chi connectivity index (χ0v) is 24.1. The normalized spacial score (nSPS) is 12.0. The van der Waals surface area contributed by atoms with Crippen LogP contribution in [0.15, 0.2) is 112 Å². The van der Waals surface area contributed by atoms with Crippen LogP contribution >= 0.6 is 67.8 Å². The highest BCUT2D eigenvalue weighted by atomic mass is 127. The van der Waals surface area contributed by atoms with E-state index >= 15 is 0 Å². The number of rotatable bonds is 6. The van der Waals surface area contributed by atoms with Crippen molar-refractivity contribution in [1.29, 1.82) is 0 Å². The third kappa shape index (κ3) is 5.78. The summed E-state index contributed by atoms with van der Waals surface area (Å²) in [6.45, 7) is 2.11. The SMILES string of the molecule is CC(Oc1ccc([S+](c2ccccc2)c2ccccc2)cc1)c1cc(I)c(I)c(I)c1. The molecule has 1 unspecified atom stereocenters. The van der Waals surface area contributed by atoms with Gasteiger partial charge in [-0.3, -0.25) is 0 Å². The fourth-order valence-corrected chi connectivity index (χ4v) is 7.47. The van der Waals surface area contributed by atoms with E-state index in [1.807, 2.05) is 0 Å². The molecule has 5 heteroatoms. The topological polar surface area (TPSA) is 9.23 Å². The van der Waals surface area contributed by atoms with E-state index in [1.54, 1.807) is 0 Å². The summed E-state index contributed by atoms with van der Waals surface area (Å²) in [5.74, 6) is 0.893. The van der Waals surface area contributed by atoms with Gasteiger partial charge < -0.3 is 4.74 Å². The molecule has 4 aromatic carbocycles. The lowest BCUT2D eigenvalue weighted by Crippen LogP contribution is -2.06. The average molecular weight is 761 g/mol. The third-order valence-electron chi connectivity index (χ3n) is 4.81. The number of halogens is 3. The van der Waals surface area contributed by atoms with Crippen molar-refractivity contribution in [3.8, 4) is 5.75 Å². The van der Waals surface area contributed by atoms with E-state index in [9.17, 15) is 0 Å². The molecule has 31 heavy (non-hydrogen) atoms. The van der Waals surface area contributed by atoms with Gasteiger partial charge in [-0.1, -0.05) is 36.4 Å². The number of ether oxygens (including phenoxy) is 1. The number of hydrogen-bond acceptors (Lipinski definition) is 1. The molecule has 1 nitrogen and oxygen atoms in total. The maximum absolute atomic E-state index is 6.29. The molecule has 156 valence electrons. The fourth-order valence-electron chi connectivity index (χ4n) is 3.26. The van der Waals surface area contributed by atoms with Crippen LogP contribution in [0.1, 0.15) is 18.6 Å². The lowest BCUT2D eigenvalue weighted by atomic mass is 10.1. The van der Waals surface area contributed by atoms with Crippen molar-refractivity contribution in [2.75, 3.05) is 0 Å². The molecular weight excluding hydrogens is 741 g/mol. The van der Waals surface area contributed by atoms with Crippen LogP contribution in [0.2, 0.25) is 0 Å². The van der Waals surface area contributed by atoms with Crippen molar-refractivity contribution in [3.05, 3.63) is 113 Å². The van der Waals surface area contributed by atoms with Crippen molar-refractivity contribution in [3.63, 3.8) is 0 Å². The summed E-state index contributed by atoms with van der Waals surface area (Å²) in [5, 5.41) is 0. The van der Waals surface area contributed by atoms with Crippen molar-refractivity contribution in [2.45, 2.75) is 27.7 Å². The molecule has 0 amide bonds. The fraction of sp³-hybridized carbons (Fsp3) is 0.0769. The molecule has 0 bridgehead atoms. The molecule has 0 saturated carbocycles. The Morgan fingerprint density at radius 2 is 1.10 bits per heavy atom. The van der Waals surface area contributed by atoms with Gasteiger partial charge in [0.05, 0.1) is 10.9 Å². The quantitative estimate of drug-likeness (QED) is 0.109. The number of hydrogen-bond donors (Lipinski definition) is 0. The molecule has 4 aromatic rings. The Morgan fingerprint density at radius 1 is 0.645 bits per heavy atom. The molecule has 4 rings (SSSR count). The van der Waals surface area contributed by atoms with Crippen LogP contribution in [0, 0.1) is 10.7 Å². The van der Waals surface area contributed by atoms with E-state index < -0.39 is 0 Å². The van der Waals surface area contributed by atoms with Crippen LogP contribution in [0.25, 0.3) is 0 Å². The Morgan fingerprint density at radius 3 is 1.58 bits per heavy atom. The summed E-state index contributed by atoms with van der Waals surface area (Å²) >= 11 is 7.19. The highest BCUT2D eigenvalue weighted by Gasteiger charge is 2.28. The van der Waals surface area contributed by atoms with Gasteiger partial charge in [0.2, 0.25) is 0 Å². The summed E-state index contributed by atoms with van der Waals surface area (Å²) in [6, 6.07) is 34.5. The zero-order valence-electron chi connectivity index (χ0n) is 16.8. The second-order valence-electron chi connectivity index (χ2n) is 6.96. The first-order valence-electron chi connectivity index (χ1n) is 9.78. The van der Waals surface area contributed by atoms with Gasteiger partial charge in [-0.2, -0.15) is 0 Å². The molecule has 0 N–H and O–H groups in total. The number of benzene rings is 4. The third-order valence-corrected chi connectivity index (χ3v) is 12.0. The summed E-state index contributed by atoms with van der Waals surface area (Å²) < 4.78 is 10.1. The van der Waals surface area contributed by atoms with Crippen LogP contribution in [0.5, 0.6) is 5.75 Å². The second kappa shape index (κ2) is 10.9. The molecule has 0 aromatic heterocycles. The van der Waals surface area contributed by atoms with Gasteiger partial charge in [-0.15, -0.1) is 0 Å². The molecule has 0 spiro atoms. The summed E-state index contributed by atoms with van der Waals surface area (Å²) in [6.07, 6.45) is -0.00799. The minimum atomic E-state index is -0.139. The van der Waals surface area contributed by atoms with Crippen molar-refractivity contribution >= 4 is 78.7 Å². The van der Waals surface area contributed by atoms with Gasteiger partial charge in [0.1, 0.15) is 11.9 Å². The highest BCUT2D eigenvalue weighted by Crippen LogP contribution is 2.33. The Labute approximate surface area is 227 Å². The minimum absolute atomic E-state index is 0.00799. The van der Waals surface area contributed by atoms with Crippen LogP contribution in [0.3, 0.4) is 0 Å². The first kappa shape index (κ1) is 23.4. The van der Waals surface area contributed by atoms with Crippen LogP contribution in [-0.2, 0) is 10.9 Å². The minimum Gasteiger partial charge on any atom is -0.486 e. The van der Waals surface area contributed by atoms with E-state index in [1.165, 1.54) is 31.0 Å². The zero-order chi connectivity index (χ0) is 21.8.